The van der Waals surface area contributed by atoms with Crippen LogP contribution in [0.3, 0.4) is 0 Å². The van der Waals surface area contributed by atoms with Crippen molar-refractivity contribution < 1.29 is 9.84 Å². The van der Waals surface area contributed by atoms with Crippen molar-refractivity contribution in [2.45, 2.75) is 45.1 Å². The summed E-state index contributed by atoms with van der Waals surface area (Å²) >= 11 is 0. The van der Waals surface area contributed by atoms with E-state index in [9.17, 15) is 5.11 Å². The summed E-state index contributed by atoms with van der Waals surface area (Å²) in [6.07, 6.45) is 4.25. The predicted octanol–water partition coefficient (Wildman–Crippen LogP) is 1.55. The van der Waals surface area contributed by atoms with Crippen molar-refractivity contribution in [3.63, 3.8) is 0 Å². The standard InChI is InChI=1S/C12H25NO2/c1-11(2,15-3)4-5-12(10-14)6-8-13-9-7-12/h13-14H,4-10H2,1-3H3. The molecule has 90 valence electrons. The molecule has 3 nitrogen and oxygen atoms in total. The Hall–Kier alpha value is -0.120. The molecule has 2 N–H and O–H groups in total. The molecule has 3 heteroatoms. The Kier molecular flexibility index (Phi) is 4.56. The first-order valence-electron chi connectivity index (χ1n) is 5.90. The fourth-order valence-electron chi connectivity index (χ4n) is 2.11. The maximum Gasteiger partial charge on any atom is 0.0623 e. The van der Waals surface area contributed by atoms with Crippen LogP contribution in [0.15, 0.2) is 0 Å². The molecule has 0 radical (unpaired) electrons. The second kappa shape index (κ2) is 5.28. The molecule has 15 heavy (non-hydrogen) atoms. The highest BCUT2D eigenvalue weighted by molar-refractivity contribution is 4.86. The first-order valence-corrected chi connectivity index (χ1v) is 5.90. The van der Waals surface area contributed by atoms with Gasteiger partial charge in [-0.3, -0.25) is 0 Å². The Morgan fingerprint density at radius 1 is 1.33 bits per heavy atom. The van der Waals surface area contributed by atoms with E-state index < -0.39 is 0 Å². The summed E-state index contributed by atoms with van der Waals surface area (Å²) in [5.74, 6) is 0. The van der Waals surface area contributed by atoms with Gasteiger partial charge in [0.1, 0.15) is 0 Å². The van der Waals surface area contributed by atoms with Gasteiger partial charge in [0.2, 0.25) is 0 Å². The molecule has 1 fully saturated rings. The Morgan fingerprint density at radius 3 is 2.40 bits per heavy atom. The van der Waals surface area contributed by atoms with Crippen molar-refractivity contribution in [1.29, 1.82) is 0 Å². The van der Waals surface area contributed by atoms with Crippen molar-refractivity contribution in [1.82, 2.24) is 5.32 Å². The van der Waals surface area contributed by atoms with Gasteiger partial charge in [-0.2, -0.15) is 0 Å². The van der Waals surface area contributed by atoms with Crippen LogP contribution in [0.25, 0.3) is 0 Å². The van der Waals surface area contributed by atoms with E-state index in [1.807, 2.05) is 0 Å². The Morgan fingerprint density at radius 2 is 1.93 bits per heavy atom. The van der Waals surface area contributed by atoms with Gasteiger partial charge in [0, 0.05) is 13.7 Å². The lowest BCUT2D eigenvalue weighted by molar-refractivity contribution is -0.00957. The van der Waals surface area contributed by atoms with E-state index in [1.165, 1.54) is 0 Å². The maximum atomic E-state index is 9.54. The van der Waals surface area contributed by atoms with Gasteiger partial charge < -0.3 is 15.2 Å². The fraction of sp³-hybridized carbons (Fsp3) is 1.00. The topological polar surface area (TPSA) is 41.5 Å². The van der Waals surface area contributed by atoms with E-state index in [2.05, 4.69) is 19.2 Å². The molecule has 0 amide bonds. The van der Waals surface area contributed by atoms with Crippen molar-refractivity contribution >= 4 is 0 Å². The molecule has 0 saturated carbocycles. The molecule has 0 bridgehead atoms. The van der Waals surface area contributed by atoms with E-state index in [-0.39, 0.29) is 11.0 Å². The average molecular weight is 215 g/mol. The van der Waals surface area contributed by atoms with Crippen LogP contribution in [0, 0.1) is 5.41 Å². The summed E-state index contributed by atoms with van der Waals surface area (Å²) in [7, 11) is 1.76. The third kappa shape index (κ3) is 3.74. The van der Waals surface area contributed by atoms with Crippen molar-refractivity contribution in [2.75, 3.05) is 26.8 Å². The van der Waals surface area contributed by atoms with Gasteiger partial charge in [-0.05, 0) is 58.0 Å². The molecule has 1 rings (SSSR count). The lowest BCUT2D eigenvalue weighted by atomic mass is 9.74. The van der Waals surface area contributed by atoms with Crippen molar-refractivity contribution in [3.05, 3.63) is 0 Å². The van der Waals surface area contributed by atoms with Gasteiger partial charge in [-0.15, -0.1) is 0 Å². The first kappa shape index (κ1) is 12.9. The number of hydrogen-bond acceptors (Lipinski definition) is 3. The van der Waals surface area contributed by atoms with Crippen molar-refractivity contribution in [2.24, 2.45) is 5.41 Å². The van der Waals surface area contributed by atoms with E-state index in [4.69, 9.17) is 4.74 Å². The van der Waals surface area contributed by atoms with Gasteiger partial charge in [0.05, 0.1) is 5.60 Å². The van der Waals surface area contributed by atoms with Crippen LogP contribution in [0.2, 0.25) is 0 Å². The SMILES string of the molecule is COC(C)(C)CCC1(CO)CCNCC1. The monoisotopic (exact) mass is 215 g/mol. The maximum absolute atomic E-state index is 9.54. The third-order valence-corrected chi connectivity index (χ3v) is 3.81. The highest BCUT2D eigenvalue weighted by Crippen LogP contribution is 2.35. The third-order valence-electron chi connectivity index (χ3n) is 3.81. The number of aliphatic hydroxyl groups excluding tert-OH is 1. The van der Waals surface area contributed by atoms with Gasteiger partial charge in [-0.25, -0.2) is 0 Å². The summed E-state index contributed by atoms with van der Waals surface area (Å²) in [5.41, 5.74) is 0.0775. The Labute approximate surface area is 93.2 Å². The number of piperidine rings is 1. The van der Waals surface area contributed by atoms with E-state index >= 15 is 0 Å². The number of rotatable bonds is 5. The van der Waals surface area contributed by atoms with E-state index in [0.29, 0.717) is 6.61 Å². The van der Waals surface area contributed by atoms with Gasteiger partial charge in [0.15, 0.2) is 0 Å². The molecule has 1 aliphatic rings. The number of hydrogen-bond donors (Lipinski definition) is 2. The van der Waals surface area contributed by atoms with E-state index in [0.717, 1.165) is 38.8 Å². The lowest BCUT2D eigenvalue weighted by Crippen LogP contribution is -2.40. The summed E-state index contributed by atoms with van der Waals surface area (Å²) in [5, 5.41) is 12.9. The largest absolute Gasteiger partial charge is 0.396 e. The molecule has 1 saturated heterocycles. The molecular formula is C12H25NO2. The number of aliphatic hydroxyl groups is 1. The lowest BCUT2D eigenvalue weighted by Gasteiger charge is -2.38. The Bertz CT molecular complexity index is 186. The quantitative estimate of drug-likeness (QED) is 0.731. The van der Waals surface area contributed by atoms with Crippen molar-refractivity contribution in [3.8, 4) is 0 Å². The number of nitrogens with one attached hydrogen (secondary N) is 1. The molecule has 0 aromatic carbocycles. The molecule has 0 atom stereocenters. The highest BCUT2D eigenvalue weighted by Gasteiger charge is 2.33. The zero-order chi connectivity index (χ0) is 11.4. The van der Waals surface area contributed by atoms with Crippen LogP contribution in [0.1, 0.15) is 39.5 Å². The molecule has 0 aromatic heterocycles. The van der Waals surface area contributed by atoms with Gasteiger partial charge in [0.25, 0.3) is 0 Å². The summed E-state index contributed by atoms with van der Waals surface area (Å²) in [6.45, 7) is 6.61. The summed E-state index contributed by atoms with van der Waals surface area (Å²) in [4.78, 5) is 0. The molecule has 1 heterocycles. The smallest absolute Gasteiger partial charge is 0.0623 e. The fourth-order valence-corrected chi connectivity index (χ4v) is 2.11. The summed E-state index contributed by atoms with van der Waals surface area (Å²) < 4.78 is 5.42. The van der Waals surface area contributed by atoms with Crippen LogP contribution in [-0.2, 0) is 4.74 Å². The first-order chi connectivity index (χ1) is 7.04. The van der Waals surface area contributed by atoms with Crippen LogP contribution in [-0.4, -0.2) is 37.5 Å². The highest BCUT2D eigenvalue weighted by atomic mass is 16.5. The predicted molar refractivity (Wildman–Crippen MR) is 61.9 cm³/mol. The second-order valence-electron chi connectivity index (χ2n) is 5.37. The summed E-state index contributed by atoms with van der Waals surface area (Å²) in [6, 6.07) is 0. The minimum Gasteiger partial charge on any atom is -0.396 e. The normalized spacial score (nSPS) is 21.6. The molecule has 0 unspecified atom stereocenters. The Balaban J connectivity index is 2.45. The minimum absolute atomic E-state index is 0.0625. The van der Waals surface area contributed by atoms with Crippen LogP contribution in [0.4, 0.5) is 0 Å². The van der Waals surface area contributed by atoms with Crippen LogP contribution >= 0.6 is 0 Å². The molecule has 0 aromatic rings. The van der Waals surface area contributed by atoms with Gasteiger partial charge in [-0.1, -0.05) is 0 Å². The molecule has 0 spiro atoms. The van der Waals surface area contributed by atoms with Crippen LogP contribution in [0.5, 0.6) is 0 Å². The van der Waals surface area contributed by atoms with E-state index in [1.54, 1.807) is 7.11 Å². The average Bonchev–Trinajstić information content (AvgIpc) is 2.28. The van der Waals surface area contributed by atoms with Crippen LogP contribution < -0.4 is 5.32 Å². The number of methoxy groups -OCH3 is 1. The minimum atomic E-state index is -0.0625. The van der Waals surface area contributed by atoms with Gasteiger partial charge >= 0.3 is 0 Å². The molecule has 0 aliphatic carbocycles. The second-order valence-corrected chi connectivity index (χ2v) is 5.37. The zero-order valence-corrected chi connectivity index (χ0v) is 10.3. The molecular weight excluding hydrogens is 190 g/mol. The molecule has 1 aliphatic heterocycles. The number of ether oxygens (including phenoxy) is 1. The zero-order valence-electron chi connectivity index (χ0n) is 10.3.